The quantitative estimate of drug-likeness (QED) is 0.878. The van der Waals surface area contributed by atoms with Crippen molar-refractivity contribution in [2.75, 3.05) is 6.54 Å². The van der Waals surface area contributed by atoms with Gasteiger partial charge in [0.2, 0.25) is 0 Å². The van der Waals surface area contributed by atoms with Gasteiger partial charge < -0.3 is 0 Å². The second-order valence-electron chi connectivity index (χ2n) is 4.99. The van der Waals surface area contributed by atoms with Crippen LogP contribution in [0.4, 0.5) is 0 Å². The topological polar surface area (TPSA) is 49.2 Å². The van der Waals surface area contributed by atoms with E-state index in [0.717, 1.165) is 11.1 Å². The molecule has 2 aromatic carbocycles. The number of hydrazine groups is 1. The number of hydrogen-bond acceptors (Lipinski definition) is 3. The van der Waals surface area contributed by atoms with Gasteiger partial charge in [0.25, 0.3) is 10.0 Å². The van der Waals surface area contributed by atoms with E-state index in [0.29, 0.717) is 11.4 Å². The Morgan fingerprint density at radius 3 is 2.35 bits per heavy atom. The summed E-state index contributed by atoms with van der Waals surface area (Å²) in [6.45, 7) is 2.63. The highest BCUT2D eigenvalue weighted by Crippen LogP contribution is 2.33. The van der Waals surface area contributed by atoms with Crippen molar-refractivity contribution in [3.8, 4) is 0 Å². The third kappa shape index (κ3) is 2.75. The Hall–Kier alpha value is -1.69. The molecule has 3 rings (SSSR count). The highest BCUT2D eigenvalue weighted by atomic mass is 32.2. The zero-order chi connectivity index (χ0) is 14.2. The summed E-state index contributed by atoms with van der Waals surface area (Å²) in [5.41, 5.74) is 2.16. The predicted octanol–water partition coefficient (Wildman–Crippen LogP) is 2.25. The monoisotopic (exact) mass is 288 g/mol. The highest BCUT2D eigenvalue weighted by Gasteiger charge is 2.38. The molecule has 104 valence electrons. The molecule has 0 aromatic heterocycles. The summed E-state index contributed by atoms with van der Waals surface area (Å²) in [6.07, 6.45) is 0. The molecule has 1 N–H and O–H groups in total. The van der Waals surface area contributed by atoms with E-state index in [1.165, 1.54) is 0 Å². The summed E-state index contributed by atoms with van der Waals surface area (Å²) in [6, 6.07) is 16.9. The van der Waals surface area contributed by atoms with Crippen molar-refractivity contribution in [2.24, 2.45) is 0 Å². The normalized spacial score (nSPS) is 21.6. The Bertz CT molecular complexity index is 696. The molecule has 1 heterocycles. The summed E-state index contributed by atoms with van der Waals surface area (Å²) < 4.78 is 24.4. The summed E-state index contributed by atoms with van der Waals surface area (Å²) in [5.74, 6) is 0. The minimum atomic E-state index is -3.48. The van der Waals surface area contributed by atoms with Crippen LogP contribution in [0.15, 0.2) is 59.5 Å². The standard InChI is InChI=1S/C15H16N2O2S/c1-12-7-9-14(10-8-12)20(18,19)16-17-11-15(17)13-5-3-2-4-6-13/h2-10,15-16H,11H2,1H3/t15-,17?/m1/s1. The first kappa shape index (κ1) is 13.3. The molecule has 20 heavy (non-hydrogen) atoms. The van der Waals surface area contributed by atoms with Crippen LogP contribution in [0.3, 0.4) is 0 Å². The van der Waals surface area contributed by atoms with E-state index in [2.05, 4.69) is 4.83 Å². The van der Waals surface area contributed by atoms with E-state index in [9.17, 15) is 8.42 Å². The van der Waals surface area contributed by atoms with E-state index in [4.69, 9.17) is 0 Å². The molecular formula is C15H16N2O2S. The molecule has 0 aliphatic carbocycles. The molecule has 1 aliphatic rings. The van der Waals surface area contributed by atoms with E-state index in [1.807, 2.05) is 37.3 Å². The van der Waals surface area contributed by atoms with Gasteiger partial charge >= 0.3 is 0 Å². The second-order valence-corrected chi connectivity index (χ2v) is 6.65. The summed E-state index contributed by atoms with van der Waals surface area (Å²) in [5, 5.41) is 1.73. The van der Waals surface area contributed by atoms with Gasteiger partial charge in [-0.05, 0) is 24.6 Å². The zero-order valence-electron chi connectivity index (χ0n) is 11.2. The van der Waals surface area contributed by atoms with Gasteiger partial charge in [0.1, 0.15) is 0 Å². The molecule has 1 fully saturated rings. The Morgan fingerprint density at radius 2 is 1.70 bits per heavy atom. The smallest absolute Gasteiger partial charge is 0.220 e. The SMILES string of the molecule is Cc1ccc(S(=O)(=O)NN2C[C@@H]2c2ccccc2)cc1. The summed E-state index contributed by atoms with van der Waals surface area (Å²) in [7, 11) is -3.48. The molecule has 0 amide bonds. The third-order valence-corrected chi connectivity index (χ3v) is 4.73. The van der Waals surface area contributed by atoms with Crippen LogP contribution in [0.25, 0.3) is 0 Å². The van der Waals surface area contributed by atoms with Crippen molar-refractivity contribution in [3.05, 3.63) is 65.7 Å². The number of aryl methyl sites for hydroxylation is 1. The first-order chi connectivity index (χ1) is 9.56. The highest BCUT2D eigenvalue weighted by molar-refractivity contribution is 7.89. The van der Waals surface area contributed by atoms with Crippen LogP contribution < -0.4 is 4.83 Å². The van der Waals surface area contributed by atoms with Gasteiger partial charge in [-0.1, -0.05) is 48.0 Å². The lowest BCUT2D eigenvalue weighted by atomic mass is 10.2. The Balaban J connectivity index is 1.71. The molecule has 0 spiro atoms. The van der Waals surface area contributed by atoms with Crippen molar-refractivity contribution in [1.29, 1.82) is 0 Å². The molecule has 2 aromatic rings. The minimum absolute atomic E-state index is 0.136. The molecule has 1 saturated heterocycles. The number of nitrogens with zero attached hydrogens (tertiary/aromatic N) is 1. The fourth-order valence-corrected chi connectivity index (χ4v) is 3.24. The molecule has 1 unspecified atom stereocenters. The predicted molar refractivity (Wildman–Crippen MR) is 77.4 cm³/mol. The first-order valence-electron chi connectivity index (χ1n) is 6.47. The Labute approximate surface area is 119 Å². The molecule has 0 saturated carbocycles. The fourth-order valence-electron chi connectivity index (χ4n) is 2.13. The molecule has 4 nitrogen and oxygen atoms in total. The van der Waals surface area contributed by atoms with Crippen LogP contribution in [0.1, 0.15) is 17.2 Å². The molecule has 5 heteroatoms. The average Bonchev–Trinajstić information content (AvgIpc) is 3.19. The molecule has 1 aliphatic heterocycles. The lowest BCUT2D eigenvalue weighted by Gasteiger charge is -2.08. The summed E-state index contributed by atoms with van der Waals surface area (Å²) in [4.78, 5) is 2.91. The minimum Gasteiger partial charge on any atom is -0.220 e. The maximum Gasteiger partial charge on any atom is 0.253 e. The maximum atomic E-state index is 12.2. The van der Waals surface area contributed by atoms with Crippen molar-refractivity contribution in [3.63, 3.8) is 0 Å². The Kier molecular flexibility index (Phi) is 3.33. The van der Waals surface area contributed by atoms with Gasteiger partial charge in [0.15, 0.2) is 0 Å². The second kappa shape index (κ2) is 5.01. The third-order valence-electron chi connectivity index (χ3n) is 3.37. The number of hydrogen-bond donors (Lipinski definition) is 1. The van der Waals surface area contributed by atoms with E-state index in [1.54, 1.807) is 29.3 Å². The number of sulfonamides is 1. The van der Waals surface area contributed by atoms with Crippen LogP contribution >= 0.6 is 0 Å². The van der Waals surface area contributed by atoms with Crippen LogP contribution in [-0.4, -0.2) is 20.0 Å². The van der Waals surface area contributed by atoms with E-state index in [-0.39, 0.29) is 6.04 Å². The first-order valence-corrected chi connectivity index (χ1v) is 7.95. The van der Waals surface area contributed by atoms with E-state index < -0.39 is 10.0 Å². The van der Waals surface area contributed by atoms with Crippen LogP contribution in [0.2, 0.25) is 0 Å². The van der Waals surface area contributed by atoms with Crippen molar-refractivity contribution in [1.82, 2.24) is 9.84 Å². The molecule has 0 radical (unpaired) electrons. The van der Waals surface area contributed by atoms with Crippen molar-refractivity contribution >= 4 is 10.0 Å². The summed E-state index contributed by atoms with van der Waals surface area (Å²) >= 11 is 0. The van der Waals surface area contributed by atoms with Gasteiger partial charge in [-0.15, -0.1) is 4.83 Å². The van der Waals surface area contributed by atoms with Gasteiger partial charge in [0.05, 0.1) is 10.9 Å². The lowest BCUT2D eigenvalue weighted by molar-refractivity contribution is 0.453. The molecule has 2 atom stereocenters. The van der Waals surface area contributed by atoms with Crippen molar-refractivity contribution < 1.29 is 8.42 Å². The van der Waals surface area contributed by atoms with Gasteiger partial charge in [-0.3, -0.25) is 0 Å². The molecular weight excluding hydrogens is 272 g/mol. The number of rotatable bonds is 4. The van der Waals surface area contributed by atoms with Gasteiger partial charge in [0, 0.05) is 6.54 Å². The molecule has 0 bridgehead atoms. The largest absolute Gasteiger partial charge is 0.253 e. The van der Waals surface area contributed by atoms with E-state index >= 15 is 0 Å². The van der Waals surface area contributed by atoms with Crippen molar-refractivity contribution in [2.45, 2.75) is 17.9 Å². The Morgan fingerprint density at radius 1 is 1.05 bits per heavy atom. The van der Waals surface area contributed by atoms with Crippen LogP contribution in [-0.2, 0) is 10.0 Å². The average molecular weight is 288 g/mol. The van der Waals surface area contributed by atoms with Crippen LogP contribution in [0.5, 0.6) is 0 Å². The van der Waals surface area contributed by atoms with Gasteiger partial charge in [-0.2, -0.15) is 0 Å². The lowest BCUT2D eigenvalue weighted by Crippen LogP contribution is -2.29. The maximum absolute atomic E-state index is 12.2. The van der Waals surface area contributed by atoms with Crippen LogP contribution in [0, 0.1) is 6.92 Å². The fraction of sp³-hybridized carbons (Fsp3) is 0.200. The number of nitrogens with one attached hydrogen (secondary N) is 1. The van der Waals surface area contributed by atoms with Gasteiger partial charge in [-0.25, -0.2) is 13.4 Å². The zero-order valence-corrected chi connectivity index (χ0v) is 12.0. The number of benzene rings is 2.